The molecule has 3 aromatic rings. The van der Waals surface area contributed by atoms with Crippen molar-refractivity contribution in [2.45, 2.75) is 25.8 Å². The van der Waals surface area contributed by atoms with Crippen LogP contribution in [0.2, 0.25) is 5.02 Å². The molecular weight excluding hydrogens is 346 g/mol. The summed E-state index contributed by atoms with van der Waals surface area (Å²) in [6.07, 6.45) is 0.696. The Morgan fingerprint density at radius 2 is 2.29 bits per heavy atom. The van der Waals surface area contributed by atoms with Crippen molar-refractivity contribution >= 4 is 28.8 Å². The van der Waals surface area contributed by atoms with Crippen LogP contribution in [0.1, 0.15) is 30.8 Å². The summed E-state index contributed by atoms with van der Waals surface area (Å²) in [6.45, 7) is 1.92. The lowest BCUT2D eigenvalue weighted by molar-refractivity contribution is -0.121. The van der Waals surface area contributed by atoms with Crippen molar-refractivity contribution in [1.29, 1.82) is 0 Å². The molecule has 24 heavy (non-hydrogen) atoms. The van der Waals surface area contributed by atoms with E-state index < -0.39 is 0 Å². The Labute approximate surface area is 148 Å². The van der Waals surface area contributed by atoms with Crippen LogP contribution >= 0.6 is 22.9 Å². The van der Waals surface area contributed by atoms with Gasteiger partial charge in [-0.25, -0.2) is 0 Å². The van der Waals surface area contributed by atoms with Crippen molar-refractivity contribution in [3.05, 3.63) is 57.6 Å². The van der Waals surface area contributed by atoms with Crippen molar-refractivity contribution < 1.29 is 9.32 Å². The molecule has 0 saturated heterocycles. The fraction of sp³-hybridized carbons (Fsp3) is 0.235. The predicted molar refractivity (Wildman–Crippen MR) is 93.9 cm³/mol. The van der Waals surface area contributed by atoms with E-state index in [1.54, 1.807) is 17.4 Å². The van der Waals surface area contributed by atoms with Crippen LogP contribution in [0.5, 0.6) is 0 Å². The smallest absolute Gasteiger partial charge is 0.227 e. The summed E-state index contributed by atoms with van der Waals surface area (Å²) in [7, 11) is 0. The maximum Gasteiger partial charge on any atom is 0.227 e. The zero-order valence-corrected chi connectivity index (χ0v) is 14.6. The highest BCUT2D eigenvalue weighted by Gasteiger charge is 2.13. The standard InChI is InChI=1S/C17H16ClN3O2S/c1-11(12-3-2-4-14(18)9-12)19-15(22)5-6-16-20-17(21-23-16)13-7-8-24-10-13/h2-4,7-11H,5-6H2,1H3,(H,19,22)/t11-/m0/s1. The summed E-state index contributed by atoms with van der Waals surface area (Å²) in [5.74, 6) is 0.943. The third-order valence-electron chi connectivity index (χ3n) is 3.54. The average molecular weight is 362 g/mol. The molecule has 0 spiro atoms. The van der Waals surface area contributed by atoms with Crippen molar-refractivity contribution in [2.75, 3.05) is 0 Å². The molecular formula is C17H16ClN3O2S. The van der Waals surface area contributed by atoms with Crippen LogP contribution in [0.15, 0.2) is 45.6 Å². The van der Waals surface area contributed by atoms with E-state index in [1.807, 2.05) is 41.9 Å². The van der Waals surface area contributed by atoms with E-state index in [0.717, 1.165) is 11.1 Å². The Balaban J connectivity index is 1.52. The molecule has 1 N–H and O–H groups in total. The minimum Gasteiger partial charge on any atom is -0.350 e. The molecule has 5 nitrogen and oxygen atoms in total. The molecule has 1 amide bonds. The molecule has 7 heteroatoms. The first kappa shape index (κ1) is 16.7. The first-order valence-electron chi connectivity index (χ1n) is 7.52. The average Bonchev–Trinajstić information content (AvgIpc) is 3.24. The number of hydrogen-bond donors (Lipinski definition) is 1. The summed E-state index contributed by atoms with van der Waals surface area (Å²) in [4.78, 5) is 16.4. The van der Waals surface area contributed by atoms with Crippen molar-refractivity contribution in [1.82, 2.24) is 15.5 Å². The highest BCUT2D eigenvalue weighted by Crippen LogP contribution is 2.19. The summed E-state index contributed by atoms with van der Waals surface area (Å²) in [5.41, 5.74) is 1.89. The van der Waals surface area contributed by atoms with E-state index >= 15 is 0 Å². The number of rotatable bonds is 6. The third kappa shape index (κ3) is 4.21. The van der Waals surface area contributed by atoms with Gasteiger partial charge in [-0.05, 0) is 36.1 Å². The highest BCUT2D eigenvalue weighted by molar-refractivity contribution is 7.08. The Morgan fingerprint density at radius 3 is 3.04 bits per heavy atom. The first-order valence-corrected chi connectivity index (χ1v) is 8.84. The van der Waals surface area contributed by atoms with Gasteiger partial charge in [0.1, 0.15) is 0 Å². The van der Waals surface area contributed by atoms with Crippen LogP contribution in [-0.2, 0) is 11.2 Å². The van der Waals surface area contributed by atoms with Gasteiger partial charge in [0.15, 0.2) is 0 Å². The van der Waals surface area contributed by atoms with Gasteiger partial charge in [-0.1, -0.05) is 28.9 Å². The van der Waals surface area contributed by atoms with Gasteiger partial charge >= 0.3 is 0 Å². The topological polar surface area (TPSA) is 68.0 Å². The lowest BCUT2D eigenvalue weighted by Gasteiger charge is -2.14. The van der Waals surface area contributed by atoms with Gasteiger partial charge in [-0.2, -0.15) is 16.3 Å². The van der Waals surface area contributed by atoms with Crippen LogP contribution in [0.4, 0.5) is 0 Å². The second-order valence-corrected chi connectivity index (χ2v) is 6.58. The van der Waals surface area contributed by atoms with Crippen LogP contribution in [0.3, 0.4) is 0 Å². The Bertz CT molecular complexity index is 817. The molecule has 0 saturated carbocycles. The molecule has 0 aliphatic carbocycles. The number of carbonyl (C=O) groups is 1. The van der Waals surface area contributed by atoms with E-state index in [4.69, 9.17) is 16.1 Å². The number of carbonyl (C=O) groups excluding carboxylic acids is 1. The van der Waals surface area contributed by atoms with E-state index in [2.05, 4.69) is 15.5 Å². The van der Waals surface area contributed by atoms with Crippen LogP contribution in [0.25, 0.3) is 11.4 Å². The van der Waals surface area contributed by atoms with Gasteiger partial charge in [0.2, 0.25) is 17.6 Å². The SMILES string of the molecule is C[C@H](NC(=O)CCc1nc(-c2ccsc2)no1)c1cccc(Cl)c1. The predicted octanol–water partition coefficient (Wildman–Crippen LogP) is 4.26. The van der Waals surface area contributed by atoms with E-state index in [0.29, 0.717) is 23.2 Å². The van der Waals surface area contributed by atoms with E-state index in [9.17, 15) is 4.79 Å². The number of nitrogens with zero attached hydrogens (tertiary/aromatic N) is 2. The van der Waals surface area contributed by atoms with Crippen LogP contribution < -0.4 is 5.32 Å². The number of halogens is 1. The van der Waals surface area contributed by atoms with Crippen molar-refractivity contribution in [3.8, 4) is 11.4 Å². The maximum absolute atomic E-state index is 12.1. The lowest BCUT2D eigenvalue weighted by Crippen LogP contribution is -2.26. The van der Waals surface area contributed by atoms with Crippen LogP contribution in [-0.4, -0.2) is 16.0 Å². The summed E-state index contributed by atoms with van der Waals surface area (Å²) < 4.78 is 5.19. The third-order valence-corrected chi connectivity index (χ3v) is 4.46. The molecule has 0 bridgehead atoms. The monoisotopic (exact) mass is 361 g/mol. The summed E-state index contributed by atoms with van der Waals surface area (Å²) in [6, 6.07) is 9.27. The number of aromatic nitrogens is 2. The minimum absolute atomic E-state index is 0.0715. The molecule has 0 fully saturated rings. The van der Waals surface area contributed by atoms with Gasteiger partial charge in [-0.3, -0.25) is 4.79 Å². The number of aryl methyl sites for hydroxylation is 1. The quantitative estimate of drug-likeness (QED) is 0.712. The zero-order chi connectivity index (χ0) is 16.9. The van der Waals surface area contributed by atoms with E-state index in [-0.39, 0.29) is 18.4 Å². The lowest BCUT2D eigenvalue weighted by atomic mass is 10.1. The molecule has 1 aromatic carbocycles. The largest absolute Gasteiger partial charge is 0.350 e. The number of hydrogen-bond acceptors (Lipinski definition) is 5. The van der Waals surface area contributed by atoms with E-state index in [1.165, 1.54) is 0 Å². The maximum atomic E-state index is 12.1. The number of nitrogens with one attached hydrogen (secondary N) is 1. The summed E-state index contributed by atoms with van der Waals surface area (Å²) in [5, 5.41) is 11.4. The number of benzene rings is 1. The van der Waals surface area contributed by atoms with Crippen molar-refractivity contribution in [3.63, 3.8) is 0 Å². The Morgan fingerprint density at radius 1 is 1.42 bits per heavy atom. The number of thiophene rings is 1. The van der Waals surface area contributed by atoms with Gasteiger partial charge in [0, 0.05) is 28.8 Å². The van der Waals surface area contributed by atoms with Gasteiger partial charge in [0.25, 0.3) is 0 Å². The van der Waals surface area contributed by atoms with Gasteiger partial charge < -0.3 is 9.84 Å². The second-order valence-electron chi connectivity index (χ2n) is 5.37. The van der Waals surface area contributed by atoms with Crippen molar-refractivity contribution in [2.24, 2.45) is 0 Å². The zero-order valence-electron chi connectivity index (χ0n) is 13.0. The molecule has 0 unspecified atom stereocenters. The Kier molecular flexibility index (Phi) is 5.27. The van der Waals surface area contributed by atoms with Gasteiger partial charge in [-0.15, -0.1) is 0 Å². The molecule has 0 radical (unpaired) electrons. The molecule has 1 atom stereocenters. The molecule has 0 aliphatic heterocycles. The molecule has 124 valence electrons. The highest BCUT2D eigenvalue weighted by atomic mass is 35.5. The van der Waals surface area contributed by atoms with Crippen LogP contribution in [0, 0.1) is 0 Å². The molecule has 0 aliphatic rings. The Hall–Kier alpha value is -2.18. The first-order chi connectivity index (χ1) is 11.6. The summed E-state index contributed by atoms with van der Waals surface area (Å²) >= 11 is 7.54. The normalized spacial score (nSPS) is 12.1. The number of amides is 1. The second kappa shape index (κ2) is 7.59. The fourth-order valence-electron chi connectivity index (χ4n) is 2.26. The minimum atomic E-state index is -0.111. The molecule has 3 rings (SSSR count). The van der Waals surface area contributed by atoms with Gasteiger partial charge in [0.05, 0.1) is 6.04 Å². The fourth-order valence-corrected chi connectivity index (χ4v) is 3.09. The molecule has 2 heterocycles. The molecule has 2 aromatic heterocycles.